The van der Waals surface area contributed by atoms with E-state index in [4.69, 9.17) is 21.3 Å². The van der Waals surface area contributed by atoms with E-state index in [9.17, 15) is 9.90 Å². The number of nitrogen functional groups attached to an aromatic ring is 1. The molecule has 1 saturated heterocycles. The lowest BCUT2D eigenvalue weighted by atomic mass is 10.1. The van der Waals surface area contributed by atoms with Crippen LogP contribution < -0.4 is 17.0 Å². The number of aromatic amines is 2. The van der Waals surface area contributed by atoms with Gasteiger partial charge in [-0.05, 0) is 0 Å². The molecule has 20 heavy (non-hydrogen) atoms. The summed E-state index contributed by atoms with van der Waals surface area (Å²) in [6, 6.07) is -0.774. The molecule has 10 heteroatoms. The molecule has 3 heterocycles. The van der Waals surface area contributed by atoms with E-state index in [0.29, 0.717) is 0 Å². The number of ether oxygens (including phenoxy) is 1. The molecule has 0 bridgehead atoms. The number of nitrogens with zero attached hydrogens (tertiary/aromatic N) is 2. The standard InChI is InChI=1S/C10H14N6O4/c11-3-5(18)2(1-17)20-6(3)8-13-4-7(14-8)15-10(12)16-9(4)19/h2-3,5-6,17-18H,1,11H2,(H4,12,13,14,15,16,19)/t2-,3+,5-,6-/m1/s1. The van der Waals surface area contributed by atoms with Crippen molar-refractivity contribution >= 4 is 17.1 Å². The molecule has 1 aliphatic heterocycles. The van der Waals surface area contributed by atoms with Gasteiger partial charge in [-0.25, -0.2) is 4.98 Å². The molecule has 0 radical (unpaired) electrons. The number of aliphatic hydroxyl groups excluding tert-OH is 2. The maximum Gasteiger partial charge on any atom is 0.278 e. The molecule has 0 aromatic carbocycles. The summed E-state index contributed by atoms with van der Waals surface area (Å²) in [5.74, 6) is 0.205. The second-order valence-electron chi connectivity index (χ2n) is 4.62. The molecule has 2 aromatic rings. The summed E-state index contributed by atoms with van der Waals surface area (Å²) in [6.45, 7) is -0.364. The Balaban J connectivity index is 2.03. The van der Waals surface area contributed by atoms with Crippen LogP contribution in [0, 0.1) is 0 Å². The fourth-order valence-corrected chi connectivity index (χ4v) is 2.26. The van der Waals surface area contributed by atoms with Crippen molar-refractivity contribution in [1.29, 1.82) is 0 Å². The highest BCUT2D eigenvalue weighted by atomic mass is 16.5. The number of hydrogen-bond acceptors (Lipinski definition) is 8. The topological polar surface area (TPSA) is 176 Å². The van der Waals surface area contributed by atoms with E-state index >= 15 is 0 Å². The van der Waals surface area contributed by atoms with Gasteiger partial charge in [-0.3, -0.25) is 9.78 Å². The van der Waals surface area contributed by atoms with Gasteiger partial charge in [0.25, 0.3) is 5.56 Å². The Kier molecular flexibility index (Phi) is 2.94. The second kappa shape index (κ2) is 4.52. The normalized spacial score (nSPS) is 30.1. The van der Waals surface area contributed by atoms with Crippen LogP contribution in [0.3, 0.4) is 0 Å². The van der Waals surface area contributed by atoms with E-state index < -0.39 is 29.9 Å². The van der Waals surface area contributed by atoms with Crippen LogP contribution in [0.15, 0.2) is 4.79 Å². The van der Waals surface area contributed by atoms with Crippen molar-refractivity contribution < 1.29 is 14.9 Å². The van der Waals surface area contributed by atoms with Gasteiger partial charge in [0.2, 0.25) is 5.95 Å². The summed E-state index contributed by atoms with van der Waals surface area (Å²) in [5, 5.41) is 18.9. The maximum absolute atomic E-state index is 11.7. The van der Waals surface area contributed by atoms with Crippen molar-refractivity contribution in [3.8, 4) is 0 Å². The number of nitrogens with two attached hydrogens (primary N) is 2. The number of aliphatic hydroxyl groups is 2. The van der Waals surface area contributed by atoms with Gasteiger partial charge in [0.15, 0.2) is 11.2 Å². The molecule has 8 N–H and O–H groups in total. The summed E-state index contributed by atoms with van der Waals surface area (Å²) >= 11 is 0. The summed E-state index contributed by atoms with van der Waals surface area (Å²) in [6.07, 6.45) is -2.58. The van der Waals surface area contributed by atoms with E-state index in [0.717, 1.165) is 0 Å². The summed E-state index contributed by atoms with van der Waals surface area (Å²) < 4.78 is 5.43. The fourth-order valence-electron chi connectivity index (χ4n) is 2.26. The van der Waals surface area contributed by atoms with Crippen molar-refractivity contribution in [2.24, 2.45) is 5.73 Å². The molecule has 1 fully saturated rings. The Labute approximate surface area is 111 Å². The average Bonchev–Trinajstić information content (AvgIpc) is 2.93. The molecular formula is C10H14N6O4. The molecule has 0 amide bonds. The summed E-state index contributed by atoms with van der Waals surface area (Å²) in [5.41, 5.74) is 11.1. The van der Waals surface area contributed by atoms with Crippen molar-refractivity contribution in [2.45, 2.75) is 24.4 Å². The van der Waals surface area contributed by atoms with E-state index in [1.54, 1.807) is 0 Å². The number of H-pyrrole nitrogens is 2. The first-order chi connectivity index (χ1) is 9.51. The lowest BCUT2D eigenvalue weighted by molar-refractivity contribution is -0.0244. The Morgan fingerprint density at radius 3 is 2.75 bits per heavy atom. The molecule has 3 rings (SSSR count). The zero-order chi connectivity index (χ0) is 14.4. The number of fused-ring (bicyclic) bond motifs is 1. The first kappa shape index (κ1) is 13.0. The fraction of sp³-hybridized carbons (Fsp3) is 0.500. The van der Waals surface area contributed by atoms with Crippen LogP contribution in [0.2, 0.25) is 0 Å². The lowest BCUT2D eigenvalue weighted by Gasteiger charge is -2.12. The van der Waals surface area contributed by atoms with E-state index in [2.05, 4.69) is 19.9 Å². The minimum atomic E-state index is -1.02. The highest BCUT2D eigenvalue weighted by Gasteiger charge is 2.43. The van der Waals surface area contributed by atoms with Crippen LogP contribution in [-0.2, 0) is 4.74 Å². The Bertz CT molecular complexity index is 697. The number of imidazole rings is 1. The van der Waals surface area contributed by atoms with E-state index in [-0.39, 0.29) is 29.5 Å². The van der Waals surface area contributed by atoms with Gasteiger partial charge in [0.05, 0.1) is 12.6 Å². The summed E-state index contributed by atoms with van der Waals surface area (Å²) in [7, 11) is 0. The number of rotatable bonds is 2. The highest BCUT2D eigenvalue weighted by molar-refractivity contribution is 5.70. The van der Waals surface area contributed by atoms with Crippen LogP contribution in [0.1, 0.15) is 11.9 Å². The third-order valence-electron chi connectivity index (χ3n) is 3.29. The van der Waals surface area contributed by atoms with Crippen LogP contribution in [-0.4, -0.2) is 55.0 Å². The highest BCUT2D eigenvalue weighted by Crippen LogP contribution is 2.31. The predicted octanol–water partition coefficient (Wildman–Crippen LogP) is -2.65. The first-order valence-corrected chi connectivity index (χ1v) is 5.96. The van der Waals surface area contributed by atoms with Gasteiger partial charge in [-0.15, -0.1) is 0 Å². The van der Waals surface area contributed by atoms with Crippen molar-refractivity contribution in [3.05, 3.63) is 16.2 Å². The van der Waals surface area contributed by atoms with Gasteiger partial charge in [-0.1, -0.05) is 0 Å². The van der Waals surface area contributed by atoms with Crippen molar-refractivity contribution in [1.82, 2.24) is 19.9 Å². The van der Waals surface area contributed by atoms with Crippen molar-refractivity contribution in [3.63, 3.8) is 0 Å². The van der Waals surface area contributed by atoms with Crippen LogP contribution >= 0.6 is 0 Å². The van der Waals surface area contributed by atoms with Crippen LogP contribution in [0.25, 0.3) is 11.2 Å². The predicted molar refractivity (Wildman–Crippen MR) is 67.6 cm³/mol. The third kappa shape index (κ3) is 1.86. The molecular weight excluding hydrogens is 268 g/mol. The molecule has 4 atom stereocenters. The molecule has 1 aliphatic rings. The minimum Gasteiger partial charge on any atom is -0.394 e. The smallest absolute Gasteiger partial charge is 0.278 e. The zero-order valence-electron chi connectivity index (χ0n) is 10.3. The van der Waals surface area contributed by atoms with E-state index in [1.807, 2.05) is 0 Å². The Morgan fingerprint density at radius 2 is 2.10 bits per heavy atom. The summed E-state index contributed by atoms with van der Waals surface area (Å²) in [4.78, 5) is 24.8. The van der Waals surface area contributed by atoms with Gasteiger partial charge in [0, 0.05) is 0 Å². The number of aromatic nitrogens is 4. The molecule has 0 spiro atoms. The quantitative estimate of drug-likeness (QED) is 0.346. The minimum absolute atomic E-state index is 0.0505. The number of anilines is 1. The lowest BCUT2D eigenvalue weighted by Crippen LogP contribution is -2.38. The SMILES string of the molecule is Nc1nc2nc([C@@H]3O[C@H](CO)[C@@H](O)[C@@H]3N)[nH]c2c(=O)[nH]1. The van der Waals surface area contributed by atoms with Gasteiger partial charge >= 0.3 is 0 Å². The second-order valence-corrected chi connectivity index (χ2v) is 4.62. The average molecular weight is 282 g/mol. The van der Waals surface area contributed by atoms with Crippen LogP contribution in [0.4, 0.5) is 5.95 Å². The van der Waals surface area contributed by atoms with Gasteiger partial charge < -0.3 is 31.4 Å². The monoisotopic (exact) mass is 282 g/mol. The number of hydrogen-bond donors (Lipinski definition) is 6. The molecule has 2 aromatic heterocycles. The van der Waals surface area contributed by atoms with Gasteiger partial charge in [-0.2, -0.15) is 4.98 Å². The maximum atomic E-state index is 11.7. The van der Waals surface area contributed by atoms with Crippen molar-refractivity contribution in [2.75, 3.05) is 12.3 Å². The molecule has 10 nitrogen and oxygen atoms in total. The molecule has 0 unspecified atom stereocenters. The first-order valence-electron chi connectivity index (χ1n) is 5.96. The van der Waals surface area contributed by atoms with E-state index in [1.165, 1.54) is 0 Å². The third-order valence-corrected chi connectivity index (χ3v) is 3.29. The Hall–Kier alpha value is -2.01. The molecule has 108 valence electrons. The van der Waals surface area contributed by atoms with Crippen LogP contribution in [0.5, 0.6) is 0 Å². The number of nitrogens with one attached hydrogen (secondary N) is 2. The largest absolute Gasteiger partial charge is 0.394 e. The molecule has 0 aliphatic carbocycles. The van der Waals surface area contributed by atoms with Gasteiger partial charge in [0.1, 0.15) is 24.1 Å². The Morgan fingerprint density at radius 1 is 1.35 bits per heavy atom. The molecule has 0 saturated carbocycles. The zero-order valence-corrected chi connectivity index (χ0v) is 10.3.